The van der Waals surface area contributed by atoms with Gasteiger partial charge in [0.15, 0.2) is 5.69 Å². The Hall–Kier alpha value is -2.44. The molecule has 0 bridgehead atoms. The predicted octanol–water partition coefficient (Wildman–Crippen LogP) is 1.17. The molecule has 2 aromatic rings. The summed E-state index contributed by atoms with van der Waals surface area (Å²) < 4.78 is 18.2. The lowest BCUT2D eigenvalue weighted by molar-refractivity contribution is 0.0689. The van der Waals surface area contributed by atoms with Gasteiger partial charge in [-0.15, -0.1) is 5.10 Å². The molecule has 0 atom stereocenters. The number of ether oxygens (including phenoxy) is 1. The first kappa shape index (κ1) is 12.0. The van der Waals surface area contributed by atoms with Crippen LogP contribution < -0.4 is 4.74 Å². The Labute approximate surface area is 102 Å². The smallest absolute Gasteiger partial charge is 0.358 e. The van der Waals surface area contributed by atoms with Crippen molar-refractivity contribution >= 4 is 5.97 Å². The van der Waals surface area contributed by atoms with Gasteiger partial charge in [0, 0.05) is 5.56 Å². The number of carbonyl (C=O) groups is 1. The first-order valence-corrected chi connectivity index (χ1v) is 5.06. The molecule has 7 heteroatoms. The zero-order chi connectivity index (χ0) is 13.1. The van der Waals surface area contributed by atoms with Gasteiger partial charge in [0.05, 0.1) is 19.9 Å². The average Bonchev–Trinajstić information content (AvgIpc) is 2.78. The molecule has 18 heavy (non-hydrogen) atoms. The van der Waals surface area contributed by atoms with Gasteiger partial charge in [0.25, 0.3) is 0 Å². The van der Waals surface area contributed by atoms with Crippen LogP contribution in [0.25, 0.3) is 0 Å². The molecule has 0 amide bonds. The fourth-order valence-corrected chi connectivity index (χ4v) is 1.49. The lowest BCUT2D eigenvalue weighted by Crippen LogP contribution is -2.07. The normalized spacial score (nSPS) is 10.3. The number of halogens is 1. The summed E-state index contributed by atoms with van der Waals surface area (Å²) in [5.41, 5.74) is 0.371. The van der Waals surface area contributed by atoms with Crippen molar-refractivity contribution in [3.05, 3.63) is 41.5 Å². The van der Waals surface area contributed by atoms with Crippen LogP contribution in [0.1, 0.15) is 16.1 Å². The third-order valence-electron chi connectivity index (χ3n) is 2.31. The Balaban J connectivity index is 2.27. The topological polar surface area (TPSA) is 77.2 Å². The van der Waals surface area contributed by atoms with Gasteiger partial charge in [-0.1, -0.05) is 0 Å². The first-order chi connectivity index (χ1) is 8.60. The second-order valence-electron chi connectivity index (χ2n) is 3.52. The molecule has 1 aromatic heterocycles. The summed E-state index contributed by atoms with van der Waals surface area (Å²) in [4.78, 5) is 11.8. The highest BCUT2D eigenvalue weighted by Crippen LogP contribution is 2.19. The minimum Gasteiger partial charge on any atom is -0.496 e. The molecule has 0 saturated heterocycles. The zero-order valence-electron chi connectivity index (χ0n) is 9.50. The Morgan fingerprint density at radius 2 is 2.33 bits per heavy atom. The van der Waals surface area contributed by atoms with E-state index in [1.807, 2.05) is 0 Å². The quantitative estimate of drug-likeness (QED) is 0.882. The molecule has 94 valence electrons. The summed E-state index contributed by atoms with van der Waals surface area (Å²) in [6.45, 7) is 0.133. The number of hydrogen-bond donors (Lipinski definition) is 1. The van der Waals surface area contributed by atoms with E-state index < -0.39 is 11.8 Å². The molecule has 0 saturated carbocycles. The second kappa shape index (κ2) is 4.82. The maximum atomic E-state index is 13.1. The zero-order valence-corrected chi connectivity index (χ0v) is 9.50. The van der Waals surface area contributed by atoms with E-state index in [4.69, 9.17) is 9.84 Å². The van der Waals surface area contributed by atoms with Gasteiger partial charge in [-0.3, -0.25) is 0 Å². The van der Waals surface area contributed by atoms with Gasteiger partial charge >= 0.3 is 5.97 Å². The van der Waals surface area contributed by atoms with E-state index in [1.165, 1.54) is 30.1 Å². The van der Waals surface area contributed by atoms with Gasteiger partial charge in [0.1, 0.15) is 11.6 Å². The molecular weight excluding hydrogens is 241 g/mol. The summed E-state index contributed by atoms with van der Waals surface area (Å²) in [6, 6.07) is 4.07. The van der Waals surface area contributed by atoms with E-state index in [2.05, 4.69) is 10.2 Å². The van der Waals surface area contributed by atoms with Crippen molar-refractivity contribution in [1.29, 1.82) is 0 Å². The van der Waals surface area contributed by atoms with Crippen molar-refractivity contribution in [2.24, 2.45) is 0 Å². The van der Waals surface area contributed by atoms with Crippen LogP contribution in [0, 0.1) is 5.82 Å². The Morgan fingerprint density at radius 1 is 1.56 bits per heavy atom. The van der Waals surface area contributed by atoms with E-state index in [1.54, 1.807) is 0 Å². The van der Waals surface area contributed by atoms with Crippen molar-refractivity contribution in [3.8, 4) is 5.75 Å². The highest BCUT2D eigenvalue weighted by atomic mass is 19.1. The number of aromatic nitrogens is 3. The lowest BCUT2D eigenvalue weighted by atomic mass is 10.2. The van der Waals surface area contributed by atoms with Gasteiger partial charge < -0.3 is 9.84 Å². The van der Waals surface area contributed by atoms with Crippen LogP contribution in [-0.2, 0) is 6.54 Å². The number of hydrogen-bond acceptors (Lipinski definition) is 4. The monoisotopic (exact) mass is 251 g/mol. The third-order valence-corrected chi connectivity index (χ3v) is 2.31. The van der Waals surface area contributed by atoms with Crippen LogP contribution in [0.2, 0.25) is 0 Å². The molecule has 1 aromatic carbocycles. The molecule has 0 unspecified atom stereocenters. The van der Waals surface area contributed by atoms with Gasteiger partial charge in [-0.25, -0.2) is 9.18 Å². The van der Waals surface area contributed by atoms with Crippen molar-refractivity contribution in [3.63, 3.8) is 0 Å². The molecule has 0 radical (unpaired) electrons. The number of aromatic carboxylic acids is 1. The summed E-state index contributed by atoms with van der Waals surface area (Å²) in [5, 5.41) is 16.2. The number of methoxy groups -OCH3 is 1. The largest absolute Gasteiger partial charge is 0.496 e. The van der Waals surface area contributed by atoms with E-state index in [0.29, 0.717) is 11.3 Å². The summed E-state index contributed by atoms with van der Waals surface area (Å²) in [7, 11) is 1.47. The first-order valence-electron chi connectivity index (χ1n) is 5.06. The Kier molecular flexibility index (Phi) is 3.22. The van der Waals surface area contributed by atoms with E-state index in [9.17, 15) is 9.18 Å². The minimum absolute atomic E-state index is 0.133. The van der Waals surface area contributed by atoms with Crippen LogP contribution in [0.5, 0.6) is 5.75 Å². The van der Waals surface area contributed by atoms with Crippen LogP contribution >= 0.6 is 0 Å². The number of nitrogens with zero attached hydrogens (tertiary/aromatic N) is 3. The van der Waals surface area contributed by atoms with Crippen molar-refractivity contribution in [1.82, 2.24) is 15.0 Å². The van der Waals surface area contributed by atoms with Crippen LogP contribution in [0.3, 0.4) is 0 Å². The molecule has 0 aliphatic heterocycles. The second-order valence-corrected chi connectivity index (χ2v) is 3.52. The number of benzene rings is 1. The number of carboxylic acids is 1. The van der Waals surface area contributed by atoms with Gasteiger partial charge in [-0.05, 0) is 18.2 Å². The summed E-state index contributed by atoms with van der Waals surface area (Å²) in [5.74, 6) is -1.07. The Morgan fingerprint density at radius 3 is 2.94 bits per heavy atom. The molecule has 0 spiro atoms. The lowest BCUT2D eigenvalue weighted by Gasteiger charge is -2.07. The summed E-state index contributed by atoms with van der Waals surface area (Å²) in [6.07, 6.45) is 1.13. The molecule has 0 aliphatic carbocycles. The molecule has 2 rings (SSSR count). The van der Waals surface area contributed by atoms with Crippen molar-refractivity contribution < 1.29 is 19.0 Å². The highest BCUT2D eigenvalue weighted by Gasteiger charge is 2.10. The minimum atomic E-state index is -1.16. The van der Waals surface area contributed by atoms with Gasteiger partial charge in [-0.2, -0.15) is 9.90 Å². The standard InChI is InChI=1S/C11H10FN3O3/c1-18-10-3-2-8(12)4-7(10)6-15-13-5-9(14-15)11(16)17/h2-5H,6H2,1H3,(H,16,17). The van der Waals surface area contributed by atoms with Gasteiger partial charge in [0.2, 0.25) is 0 Å². The molecule has 1 heterocycles. The SMILES string of the molecule is COc1ccc(F)cc1Cn1ncc(C(=O)O)n1. The average molecular weight is 251 g/mol. The van der Waals surface area contributed by atoms with Crippen LogP contribution in [-0.4, -0.2) is 33.2 Å². The van der Waals surface area contributed by atoms with Crippen molar-refractivity contribution in [2.45, 2.75) is 6.54 Å². The number of rotatable bonds is 4. The Bertz CT molecular complexity index is 583. The van der Waals surface area contributed by atoms with E-state index in [-0.39, 0.29) is 12.2 Å². The molecule has 6 nitrogen and oxygen atoms in total. The fourth-order valence-electron chi connectivity index (χ4n) is 1.49. The molecular formula is C11H10FN3O3. The summed E-state index contributed by atoms with van der Waals surface area (Å²) >= 11 is 0. The van der Waals surface area contributed by atoms with Crippen LogP contribution in [0.15, 0.2) is 24.4 Å². The van der Waals surface area contributed by atoms with E-state index in [0.717, 1.165) is 6.20 Å². The third kappa shape index (κ3) is 2.45. The maximum Gasteiger partial charge on any atom is 0.358 e. The van der Waals surface area contributed by atoms with Crippen LogP contribution in [0.4, 0.5) is 4.39 Å². The fraction of sp³-hybridized carbons (Fsp3) is 0.182. The molecule has 1 N–H and O–H groups in total. The highest BCUT2D eigenvalue weighted by molar-refractivity contribution is 5.84. The number of carboxylic acid groups (broad SMARTS) is 1. The molecule has 0 fully saturated rings. The van der Waals surface area contributed by atoms with Crippen molar-refractivity contribution in [2.75, 3.05) is 7.11 Å². The van der Waals surface area contributed by atoms with E-state index >= 15 is 0 Å². The molecule has 0 aliphatic rings. The maximum absolute atomic E-state index is 13.1. The predicted molar refractivity (Wildman–Crippen MR) is 59.0 cm³/mol.